The van der Waals surface area contributed by atoms with Gasteiger partial charge in [0.15, 0.2) is 11.7 Å². The van der Waals surface area contributed by atoms with Gasteiger partial charge in [0, 0.05) is 12.0 Å². The second-order valence-electron chi connectivity index (χ2n) is 6.00. The van der Waals surface area contributed by atoms with Crippen LogP contribution in [-0.4, -0.2) is 17.1 Å². The van der Waals surface area contributed by atoms with Crippen molar-refractivity contribution >= 4 is 0 Å². The van der Waals surface area contributed by atoms with E-state index < -0.39 is 11.6 Å². The van der Waals surface area contributed by atoms with Gasteiger partial charge in [0.2, 0.25) is 0 Å². The number of oxazole rings is 1. The summed E-state index contributed by atoms with van der Waals surface area (Å²) in [5, 5.41) is 3.36. The molecule has 3 nitrogen and oxygen atoms in total. The molecule has 0 saturated carbocycles. The first-order chi connectivity index (χ1) is 9.87. The molecule has 0 aliphatic rings. The first-order valence-corrected chi connectivity index (χ1v) is 7.01. The van der Waals surface area contributed by atoms with E-state index in [1.165, 1.54) is 24.4 Å². The van der Waals surface area contributed by atoms with Crippen molar-refractivity contribution < 1.29 is 13.2 Å². The highest BCUT2D eigenvalue weighted by Gasteiger charge is 2.15. The zero-order valence-corrected chi connectivity index (χ0v) is 12.5. The molecule has 0 radical (unpaired) electrons. The predicted molar refractivity (Wildman–Crippen MR) is 77.9 cm³/mol. The van der Waals surface area contributed by atoms with Crippen LogP contribution >= 0.6 is 0 Å². The Morgan fingerprint density at radius 3 is 2.48 bits per heavy atom. The van der Waals surface area contributed by atoms with Gasteiger partial charge in [-0.05, 0) is 45.9 Å². The Bertz CT molecular complexity index is 582. The smallest absolute Gasteiger partial charge is 0.194 e. The van der Waals surface area contributed by atoms with Crippen LogP contribution in [0.25, 0.3) is 11.3 Å². The fourth-order valence-electron chi connectivity index (χ4n) is 1.98. The molecule has 0 aliphatic carbocycles. The zero-order chi connectivity index (χ0) is 15.5. The van der Waals surface area contributed by atoms with Crippen molar-refractivity contribution in [2.24, 2.45) is 0 Å². The van der Waals surface area contributed by atoms with E-state index in [2.05, 4.69) is 31.1 Å². The summed E-state index contributed by atoms with van der Waals surface area (Å²) in [6.45, 7) is 7.11. The van der Waals surface area contributed by atoms with E-state index in [0.29, 0.717) is 12.3 Å². The molecule has 2 rings (SSSR count). The lowest BCUT2D eigenvalue weighted by atomic mass is 10.1. The highest BCUT2D eigenvalue weighted by atomic mass is 19.1. The van der Waals surface area contributed by atoms with Crippen LogP contribution in [0, 0.1) is 11.6 Å². The average molecular weight is 294 g/mol. The molecule has 114 valence electrons. The molecule has 21 heavy (non-hydrogen) atoms. The third-order valence-electron chi connectivity index (χ3n) is 2.99. The maximum absolute atomic E-state index is 13.6. The van der Waals surface area contributed by atoms with Gasteiger partial charge in [0.1, 0.15) is 11.6 Å². The Morgan fingerprint density at radius 2 is 1.86 bits per heavy atom. The predicted octanol–water partition coefficient (Wildman–Crippen LogP) is 3.94. The maximum Gasteiger partial charge on any atom is 0.194 e. The van der Waals surface area contributed by atoms with E-state index in [9.17, 15) is 8.78 Å². The summed E-state index contributed by atoms with van der Waals surface area (Å²) in [7, 11) is 0. The van der Waals surface area contributed by atoms with Crippen LogP contribution in [0.1, 0.15) is 33.1 Å². The van der Waals surface area contributed by atoms with E-state index in [0.717, 1.165) is 13.0 Å². The third-order valence-corrected chi connectivity index (χ3v) is 2.99. The SMILES string of the molecule is CC(C)(C)NCCCc1ncc(-c2c(F)cccc2F)o1. The number of hydrogen-bond acceptors (Lipinski definition) is 3. The van der Waals surface area contributed by atoms with E-state index in [-0.39, 0.29) is 16.9 Å². The van der Waals surface area contributed by atoms with E-state index >= 15 is 0 Å². The minimum absolute atomic E-state index is 0.0675. The van der Waals surface area contributed by atoms with Crippen LogP contribution in [0.4, 0.5) is 8.78 Å². The highest BCUT2D eigenvalue weighted by molar-refractivity contribution is 5.58. The number of halogens is 2. The number of aromatic nitrogens is 1. The molecule has 2 aromatic rings. The molecule has 0 unspecified atom stereocenters. The van der Waals surface area contributed by atoms with E-state index in [1.54, 1.807) is 0 Å². The molecule has 0 bridgehead atoms. The van der Waals surface area contributed by atoms with Crippen molar-refractivity contribution in [3.05, 3.63) is 41.9 Å². The number of aryl methyl sites for hydroxylation is 1. The van der Waals surface area contributed by atoms with Crippen LogP contribution < -0.4 is 5.32 Å². The lowest BCUT2D eigenvalue weighted by molar-refractivity contribution is 0.412. The van der Waals surface area contributed by atoms with E-state index in [4.69, 9.17) is 4.42 Å². The second kappa shape index (κ2) is 6.35. The lowest BCUT2D eigenvalue weighted by Gasteiger charge is -2.20. The molecule has 1 heterocycles. The zero-order valence-electron chi connectivity index (χ0n) is 12.5. The summed E-state index contributed by atoms with van der Waals surface area (Å²) in [5.41, 5.74) is -0.0954. The first kappa shape index (κ1) is 15.6. The molecule has 0 aliphatic heterocycles. The molecule has 1 N–H and O–H groups in total. The van der Waals surface area contributed by atoms with Crippen molar-refractivity contribution in [1.29, 1.82) is 0 Å². The van der Waals surface area contributed by atoms with Gasteiger partial charge in [-0.3, -0.25) is 0 Å². The van der Waals surface area contributed by atoms with Crippen LogP contribution in [-0.2, 0) is 6.42 Å². The van der Waals surface area contributed by atoms with E-state index in [1.807, 2.05) is 0 Å². The van der Waals surface area contributed by atoms with Gasteiger partial charge < -0.3 is 9.73 Å². The fraction of sp³-hybridized carbons (Fsp3) is 0.438. The largest absolute Gasteiger partial charge is 0.441 e. The minimum atomic E-state index is -0.646. The molecule has 1 aromatic heterocycles. The van der Waals surface area contributed by atoms with Gasteiger partial charge in [0.25, 0.3) is 0 Å². The number of benzene rings is 1. The summed E-state index contributed by atoms with van der Waals surface area (Å²) >= 11 is 0. The van der Waals surface area contributed by atoms with Crippen LogP contribution in [0.15, 0.2) is 28.8 Å². The van der Waals surface area contributed by atoms with Crippen molar-refractivity contribution in [2.75, 3.05) is 6.54 Å². The monoisotopic (exact) mass is 294 g/mol. The number of hydrogen-bond donors (Lipinski definition) is 1. The molecule has 0 atom stereocenters. The summed E-state index contributed by atoms with van der Waals surface area (Å²) in [4.78, 5) is 4.08. The molecule has 0 amide bonds. The summed E-state index contributed by atoms with van der Waals surface area (Å²) in [6, 6.07) is 3.73. The Morgan fingerprint density at radius 1 is 1.19 bits per heavy atom. The molecule has 0 fully saturated rings. The molecule has 0 saturated heterocycles. The Hall–Kier alpha value is -1.75. The standard InChI is InChI=1S/C16H20F2N2O/c1-16(2,3)20-9-5-8-14-19-10-13(21-14)15-11(17)6-4-7-12(15)18/h4,6-7,10,20H,5,8-9H2,1-3H3. The topological polar surface area (TPSA) is 38.1 Å². The molecule has 0 spiro atoms. The van der Waals surface area contributed by atoms with Crippen molar-refractivity contribution in [3.8, 4) is 11.3 Å². The van der Waals surface area contributed by atoms with Crippen molar-refractivity contribution in [1.82, 2.24) is 10.3 Å². The molecule has 5 heteroatoms. The van der Waals surface area contributed by atoms with Crippen LogP contribution in [0.2, 0.25) is 0 Å². The van der Waals surface area contributed by atoms with Gasteiger partial charge >= 0.3 is 0 Å². The van der Waals surface area contributed by atoms with Gasteiger partial charge in [-0.25, -0.2) is 13.8 Å². The highest BCUT2D eigenvalue weighted by Crippen LogP contribution is 2.26. The fourth-order valence-corrected chi connectivity index (χ4v) is 1.98. The Balaban J connectivity index is 1.99. The molecule has 1 aromatic carbocycles. The summed E-state index contributed by atoms with van der Waals surface area (Å²) in [6.07, 6.45) is 2.84. The third kappa shape index (κ3) is 4.36. The second-order valence-corrected chi connectivity index (χ2v) is 6.00. The van der Waals surface area contributed by atoms with Crippen molar-refractivity contribution in [2.45, 2.75) is 39.2 Å². The minimum Gasteiger partial charge on any atom is -0.441 e. The maximum atomic E-state index is 13.6. The quantitative estimate of drug-likeness (QED) is 0.849. The van der Waals surface area contributed by atoms with Crippen molar-refractivity contribution in [3.63, 3.8) is 0 Å². The summed E-state index contributed by atoms with van der Waals surface area (Å²) in [5.74, 6) is -0.674. The van der Waals surface area contributed by atoms with Gasteiger partial charge in [-0.2, -0.15) is 0 Å². The molecular formula is C16H20F2N2O. The van der Waals surface area contributed by atoms with Gasteiger partial charge in [-0.15, -0.1) is 0 Å². The Labute approximate surface area is 123 Å². The van der Waals surface area contributed by atoms with Crippen LogP contribution in [0.3, 0.4) is 0 Å². The van der Waals surface area contributed by atoms with Gasteiger partial charge in [-0.1, -0.05) is 6.07 Å². The average Bonchev–Trinajstić information content (AvgIpc) is 2.82. The Kier molecular flexibility index (Phi) is 4.73. The summed E-state index contributed by atoms with van der Waals surface area (Å²) < 4.78 is 32.7. The number of nitrogens with zero attached hydrogens (tertiary/aromatic N) is 1. The normalized spacial score (nSPS) is 11.9. The first-order valence-electron chi connectivity index (χ1n) is 7.01. The number of nitrogens with one attached hydrogen (secondary N) is 1. The van der Waals surface area contributed by atoms with Gasteiger partial charge in [0.05, 0.1) is 11.8 Å². The lowest BCUT2D eigenvalue weighted by Crippen LogP contribution is -2.36. The number of rotatable bonds is 5. The van der Waals surface area contributed by atoms with Crippen LogP contribution in [0.5, 0.6) is 0 Å². The molecular weight excluding hydrogens is 274 g/mol.